The van der Waals surface area contributed by atoms with E-state index in [1.165, 1.54) is 0 Å². The number of hydrogen-bond donors (Lipinski definition) is 1. The molecule has 0 spiro atoms. The van der Waals surface area contributed by atoms with E-state index in [-0.39, 0.29) is 22.9 Å². The van der Waals surface area contributed by atoms with Crippen molar-refractivity contribution in [3.05, 3.63) is 18.7 Å². The Kier molecular flexibility index (Phi) is 6.41. The number of ether oxygens (including phenoxy) is 2. The zero-order valence-electron chi connectivity index (χ0n) is 16.4. The molecule has 0 radical (unpaired) electrons. The summed E-state index contributed by atoms with van der Waals surface area (Å²) in [5.41, 5.74) is -0.352. The molecule has 0 saturated heterocycles. The van der Waals surface area contributed by atoms with Crippen LogP contribution >= 0.6 is 0 Å². The van der Waals surface area contributed by atoms with Crippen LogP contribution in [0.4, 0.5) is 0 Å². The summed E-state index contributed by atoms with van der Waals surface area (Å²) in [7, 11) is 0. The molecule has 5 heteroatoms. The van der Waals surface area contributed by atoms with E-state index in [0.29, 0.717) is 13.3 Å². The third kappa shape index (κ3) is 7.46. The normalized spacial score (nSPS) is 15.0. The van der Waals surface area contributed by atoms with Gasteiger partial charge in [0.25, 0.3) is 0 Å². The second kappa shape index (κ2) is 7.32. The van der Waals surface area contributed by atoms with E-state index >= 15 is 0 Å². The number of nitrogens with one attached hydrogen (secondary N) is 1. The van der Waals surface area contributed by atoms with E-state index in [1.807, 2.05) is 0 Å². The summed E-state index contributed by atoms with van der Waals surface area (Å²) < 4.78 is 16.0. The molecule has 5 nitrogen and oxygen atoms in total. The fraction of sp³-hybridized carbons (Fsp3) is 0.833. The predicted molar refractivity (Wildman–Crippen MR) is 93.2 cm³/mol. The number of rotatable bonds is 7. The maximum Gasteiger partial charge on any atom is 0.245 e. The van der Waals surface area contributed by atoms with Gasteiger partial charge in [-0.1, -0.05) is 0 Å². The molecule has 0 aliphatic rings. The van der Waals surface area contributed by atoms with Gasteiger partial charge in [0, 0.05) is 0 Å². The number of aromatic nitrogens is 2. The molecule has 0 amide bonds. The number of nitrogens with zero attached hydrogens (tertiary/aromatic N) is 2. The maximum atomic E-state index is 5.95. The molecule has 0 fully saturated rings. The molecule has 134 valence electrons. The smallest absolute Gasteiger partial charge is 0.245 e. The standard InChI is InChI=1S/C18H36N3O2/c1-15(19-13-23-17(5,6)7)20-10-11-21(14-20)18(8,9)12-22-16(2,3)4/h10-11,14-15,19H,12-13H2,1-9H3/q+1. The van der Waals surface area contributed by atoms with E-state index < -0.39 is 0 Å². The van der Waals surface area contributed by atoms with Crippen LogP contribution in [-0.2, 0) is 15.0 Å². The Morgan fingerprint density at radius 2 is 1.57 bits per heavy atom. The van der Waals surface area contributed by atoms with Crippen molar-refractivity contribution in [1.82, 2.24) is 9.88 Å². The van der Waals surface area contributed by atoms with E-state index in [2.05, 4.69) is 95.5 Å². The SMILES string of the molecule is CC(NCOC(C)(C)C)[n+]1ccn(C(C)(C)COC(C)(C)C)c1. The van der Waals surface area contributed by atoms with Gasteiger partial charge in [-0.3, -0.25) is 5.32 Å². The predicted octanol–water partition coefficient (Wildman–Crippen LogP) is 3.21. The minimum Gasteiger partial charge on any atom is -0.371 e. The van der Waals surface area contributed by atoms with Crippen molar-refractivity contribution in [1.29, 1.82) is 0 Å². The second-order valence-corrected chi connectivity index (χ2v) is 8.76. The van der Waals surface area contributed by atoms with Crippen LogP contribution in [0.2, 0.25) is 0 Å². The molecule has 1 aromatic rings. The number of hydrogen-bond acceptors (Lipinski definition) is 3. The summed E-state index contributed by atoms with van der Waals surface area (Å²) in [6, 6.07) is 0. The zero-order valence-corrected chi connectivity index (χ0v) is 16.4. The van der Waals surface area contributed by atoms with Gasteiger partial charge >= 0.3 is 0 Å². The highest BCUT2D eigenvalue weighted by molar-refractivity contribution is 4.83. The van der Waals surface area contributed by atoms with Crippen molar-refractivity contribution >= 4 is 0 Å². The lowest BCUT2D eigenvalue weighted by molar-refractivity contribution is -0.725. The summed E-state index contributed by atoms with van der Waals surface area (Å²) >= 11 is 0. The first-order chi connectivity index (χ1) is 10.3. The Morgan fingerprint density at radius 3 is 2.09 bits per heavy atom. The molecular formula is C18H36N3O2+. The fourth-order valence-corrected chi connectivity index (χ4v) is 1.91. The average molecular weight is 327 g/mol. The lowest BCUT2D eigenvalue weighted by Gasteiger charge is -2.27. The summed E-state index contributed by atoms with van der Waals surface area (Å²) in [5, 5.41) is 3.37. The summed E-state index contributed by atoms with van der Waals surface area (Å²) in [4.78, 5) is 0. The van der Waals surface area contributed by atoms with Gasteiger partial charge < -0.3 is 9.47 Å². The Labute approximate surface area is 142 Å². The molecular weight excluding hydrogens is 290 g/mol. The Morgan fingerprint density at radius 1 is 1.00 bits per heavy atom. The van der Waals surface area contributed by atoms with Gasteiger partial charge in [0.1, 0.15) is 24.7 Å². The van der Waals surface area contributed by atoms with Gasteiger partial charge in [0.2, 0.25) is 6.33 Å². The summed E-state index contributed by atoms with van der Waals surface area (Å²) in [5.74, 6) is 0. The first-order valence-electron chi connectivity index (χ1n) is 8.41. The first kappa shape index (κ1) is 20.1. The molecule has 1 N–H and O–H groups in total. The van der Waals surface area contributed by atoms with Crippen LogP contribution < -0.4 is 9.88 Å². The van der Waals surface area contributed by atoms with Crippen LogP contribution in [0.25, 0.3) is 0 Å². The van der Waals surface area contributed by atoms with E-state index in [1.54, 1.807) is 0 Å². The van der Waals surface area contributed by atoms with Crippen LogP contribution in [0.1, 0.15) is 68.5 Å². The minimum absolute atomic E-state index is 0.0971. The van der Waals surface area contributed by atoms with E-state index in [9.17, 15) is 0 Å². The zero-order chi connectivity index (χ0) is 17.9. The Balaban J connectivity index is 2.62. The summed E-state index contributed by atoms with van der Waals surface area (Å²) in [6.45, 7) is 20.1. The van der Waals surface area contributed by atoms with Crippen LogP contribution in [0.15, 0.2) is 18.7 Å². The van der Waals surface area contributed by atoms with Crippen molar-refractivity contribution in [2.24, 2.45) is 0 Å². The molecule has 0 aliphatic carbocycles. The van der Waals surface area contributed by atoms with Crippen LogP contribution in [0.3, 0.4) is 0 Å². The van der Waals surface area contributed by atoms with Gasteiger partial charge in [-0.2, -0.15) is 0 Å². The van der Waals surface area contributed by atoms with Gasteiger partial charge in [-0.05, 0) is 62.3 Å². The van der Waals surface area contributed by atoms with E-state index in [0.717, 1.165) is 0 Å². The molecule has 0 saturated carbocycles. The highest BCUT2D eigenvalue weighted by atomic mass is 16.5. The fourth-order valence-electron chi connectivity index (χ4n) is 1.91. The molecule has 0 bridgehead atoms. The van der Waals surface area contributed by atoms with Crippen molar-refractivity contribution in [2.45, 2.75) is 85.2 Å². The molecule has 0 aromatic carbocycles. The lowest BCUT2D eigenvalue weighted by atomic mass is 10.1. The molecule has 1 unspecified atom stereocenters. The highest BCUT2D eigenvalue weighted by Gasteiger charge is 2.29. The Bertz CT molecular complexity index is 481. The highest BCUT2D eigenvalue weighted by Crippen LogP contribution is 2.18. The molecule has 23 heavy (non-hydrogen) atoms. The van der Waals surface area contributed by atoms with Gasteiger partial charge in [0.05, 0.1) is 17.8 Å². The van der Waals surface area contributed by atoms with Crippen molar-refractivity contribution in [3.63, 3.8) is 0 Å². The lowest BCUT2D eigenvalue weighted by Crippen LogP contribution is -2.46. The third-order valence-electron chi connectivity index (χ3n) is 3.55. The van der Waals surface area contributed by atoms with Crippen molar-refractivity contribution in [3.8, 4) is 0 Å². The molecule has 1 aromatic heterocycles. The molecule has 1 atom stereocenters. The van der Waals surface area contributed by atoms with Gasteiger partial charge in [-0.15, -0.1) is 0 Å². The van der Waals surface area contributed by atoms with Crippen LogP contribution in [-0.4, -0.2) is 29.1 Å². The monoisotopic (exact) mass is 326 g/mol. The second-order valence-electron chi connectivity index (χ2n) is 8.76. The van der Waals surface area contributed by atoms with E-state index in [4.69, 9.17) is 9.47 Å². The minimum atomic E-state index is -0.129. The maximum absolute atomic E-state index is 5.95. The first-order valence-corrected chi connectivity index (χ1v) is 8.41. The Hall–Kier alpha value is -0.910. The average Bonchev–Trinajstić information content (AvgIpc) is 2.84. The molecule has 0 aliphatic heterocycles. The van der Waals surface area contributed by atoms with Crippen LogP contribution in [0, 0.1) is 0 Å². The van der Waals surface area contributed by atoms with Crippen LogP contribution in [0.5, 0.6) is 0 Å². The summed E-state index contributed by atoms with van der Waals surface area (Å²) in [6.07, 6.45) is 6.45. The quantitative estimate of drug-likeness (QED) is 0.618. The van der Waals surface area contributed by atoms with Crippen molar-refractivity contribution < 1.29 is 14.0 Å². The van der Waals surface area contributed by atoms with Gasteiger partial charge in [0.15, 0.2) is 6.17 Å². The molecule has 1 heterocycles. The topological polar surface area (TPSA) is 39.3 Å². The largest absolute Gasteiger partial charge is 0.371 e. The van der Waals surface area contributed by atoms with Crippen molar-refractivity contribution in [2.75, 3.05) is 13.3 Å². The third-order valence-corrected chi connectivity index (χ3v) is 3.55. The molecule has 1 rings (SSSR count). The van der Waals surface area contributed by atoms with Gasteiger partial charge in [-0.25, -0.2) is 9.13 Å². The number of imidazole rings is 1.